The van der Waals surface area contributed by atoms with Crippen molar-refractivity contribution in [3.05, 3.63) is 64.6 Å². The van der Waals surface area contributed by atoms with Crippen LogP contribution in [-0.2, 0) is 0 Å². The molecule has 0 atom stereocenters. The first-order valence-electron chi connectivity index (χ1n) is 5.84. The number of anilines is 1. The molecule has 0 aliphatic carbocycles. The Labute approximate surface area is 118 Å². The number of ketones is 1. The first kappa shape index (κ1) is 12.7. The number of hydrogen-bond acceptors (Lipinski definition) is 3. The van der Waals surface area contributed by atoms with Crippen LogP contribution in [0.3, 0.4) is 0 Å². The summed E-state index contributed by atoms with van der Waals surface area (Å²) in [5.41, 5.74) is 5.88. The summed E-state index contributed by atoms with van der Waals surface area (Å²) in [4.78, 5) is 12.3. The van der Waals surface area contributed by atoms with E-state index in [1.807, 2.05) is 0 Å². The lowest BCUT2D eigenvalue weighted by Crippen LogP contribution is -2.05. The quantitative estimate of drug-likeness (QED) is 0.572. The van der Waals surface area contributed by atoms with Gasteiger partial charge in [-0.05, 0) is 24.3 Å². The molecule has 0 saturated carbocycles. The molecule has 3 rings (SSSR count). The third-order valence-electron chi connectivity index (χ3n) is 3.02. The molecule has 0 fully saturated rings. The van der Waals surface area contributed by atoms with Crippen LogP contribution in [-0.4, -0.2) is 5.78 Å². The van der Waals surface area contributed by atoms with E-state index in [1.165, 1.54) is 18.2 Å². The molecule has 3 nitrogen and oxygen atoms in total. The van der Waals surface area contributed by atoms with E-state index in [0.717, 1.165) is 0 Å². The molecule has 0 saturated heterocycles. The average molecular weight is 290 g/mol. The minimum Gasteiger partial charge on any atom is -0.451 e. The lowest BCUT2D eigenvalue weighted by Gasteiger charge is -2.03. The van der Waals surface area contributed by atoms with Crippen molar-refractivity contribution in [3.8, 4) is 0 Å². The van der Waals surface area contributed by atoms with Gasteiger partial charge in [-0.2, -0.15) is 0 Å². The molecule has 0 aliphatic rings. The number of carbonyl (C=O) groups excluding carboxylic acids is 1. The molecule has 0 amide bonds. The fourth-order valence-corrected chi connectivity index (χ4v) is 2.23. The van der Waals surface area contributed by atoms with Crippen molar-refractivity contribution >= 4 is 34.0 Å². The van der Waals surface area contributed by atoms with E-state index in [9.17, 15) is 9.18 Å². The molecule has 1 heterocycles. The zero-order valence-electron chi connectivity index (χ0n) is 10.2. The number of furan rings is 1. The van der Waals surface area contributed by atoms with Gasteiger partial charge in [-0.15, -0.1) is 0 Å². The second-order valence-electron chi connectivity index (χ2n) is 4.30. The molecule has 20 heavy (non-hydrogen) atoms. The van der Waals surface area contributed by atoms with Crippen molar-refractivity contribution in [1.82, 2.24) is 0 Å². The smallest absolute Gasteiger partial charge is 0.230 e. The van der Waals surface area contributed by atoms with Crippen LogP contribution in [0, 0.1) is 5.82 Å². The number of nitrogen functional groups attached to an aromatic ring is 1. The third-order valence-corrected chi connectivity index (χ3v) is 3.32. The van der Waals surface area contributed by atoms with Gasteiger partial charge in [0, 0.05) is 5.39 Å². The SMILES string of the molecule is Nc1c(F)cccc1C(=O)c1cc2cccc(Cl)c2o1. The van der Waals surface area contributed by atoms with Crippen LogP contribution in [0.5, 0.6) is 0 Å². The molecule has 0 spiro atoms. The van der Waals surface area contributed by atoms with E-state index in [4.69, 9.17) is 21.8 Å². The second-order valence-corrected chi connectivity index (χ2v) is 4.71. The van der Waals surface area contributed by atoms with Gasteiger partial charge in [-0.25, -0.2) is 4.39 Å². The van der Waals surface area contributed by atoms with E-state index in [1.54, 1.807) is 24.3 Å². The largest absolute Gasteiger partial charge is 0.451 e. The number of nitrogens with two attached hydrogens (primary N) is 1. The molecular weight excluding hydrogens is 281 g/mol. The van der Waals surface area contributed by atoms with Crippen LogP contribution in [0.4, 0.5) is 10.1 Å². The predicted molar refractivity (Wildman–Crippen MR) is 75.5 cm³/mol. The predicted octanol–water partition coefficient (Wildman–Crippen LogP) is 4.04. The first-order chi connectivity index (χ1) is 9.58. The number of hydrogen-bond donors (Lipinski definition) is 1. The maximum Gasteiger partial charge on any atom is 0.230 e. The van der Waals surface area contributed by atoms with Crippen LogP contribution in [0.2, 0.25) is 5.02 Å². The lowest BCUT2D eigenvalue weighted by atomic mass is 10.1. The van der Waals surface area contributed by atoms with Crippen molar-refractivity contribution in [2.24, 2.45) is 0 Å². The molecule has 3 aromatic rings. The van der Waals surface area contributed by atoms with Gasteiger partial charge in [0.1, 0.15) is 5.82 Å². The number of para-hydroxylation sites is 2. The molecule has 2 aromatic carbocycles. The molecule has 1 aromatic heterocycles. The highest BCUT2D eigenvalue weighted by Gasteiger charge is 2.19. The molecule has 2 N–H and O–H groups in total. The second kappa shape index (κ2) is 4.65. The van der Waals surface area contributed by atoms with Gasteiger partial charge >= 0.3 is 0 Å². The Balaban J connectivity index is 2.13. The molecule has 0 aliphatic heterocycles. The topological polar surface area (TPSA) is 56.2 Å². The summed E-state index contributed by atoms with van der Waals surface area (Å²) >= 11 is 5.99. The summed E-state index contributed by atoms with van der Waals surface area (Å²) in [6, 6.07) is 10.8. The van der Waals surface area contributed by atoms with E-state index in [-0.39, 0.29) is 17.0 Å². The first-order valence-corrected chi connectivity index (χ1v) is 6.22. The monoisotopic (exact) mass is 289 g/mol. The Kier molecular flexibility index (Phi) is 2.95. The van der Waals surface area contributed by atoms with Gasteiger partial charge in [0.25, 0.3) is 0 Å². The molecule has 0 unspecified atom stereocenters. The molecule has 0 radical (unpaired) electrons. The minimum atomic E-state index is -0.634. The average Bonchev–Trinajstić information content (AvgIpc) is 2.87. The van der Waals surface area contributed by atoms with Crippen LogP contribution >= 0.6 is 11.6 Å². The van der Waals surface area contributed by atoms with Crippen molar-refractivity contribution in [2.75, 3.05) is 5.73 Å². The highest BCUT2D eigenvalue weighted by atomic mass is 35.5. The Bertz CT molecular complexity index is 826. The zero-order chi connectivity index (χ0) is 14.3. The minimum absolute atomic E-state index is 0.0696. The van der Waals surface area contributed by atoms with Gasteiger partial charge in [-0.1, -0.05) is 29.8 Å². The van der Waals surface area contributed by atoms with Crippen molar-refractivity contribution in [2.45, 2.75) is 0 Å². The Hall–Kier alpha value is -2.33. The Morgan fingerprint density at radius 3 is 2.70 bits per heavy atom. The van der Waals surface area contributed by atoms with Crippen LogP contribution in [0.15, 0.2) is 46.9 Å². The maximum atomic E-state index is 13.4. The fraction of sp³-hybridized carbons (Fsp3) is 0. The molecule has 100 valence electrons. The number of carbonyl (C=O) groups is 1. The van der Waals surface area contributed by atoms with E-state index in [0.29, 0.717) is 16.0 Å². The maximum absolute atomic E-state index is 13.4. The van der Waals surface area contributed by atoms with Crippen LogP contribution in [0.25, 0.3) is 11.0 Å². The fourth-order valence-electron chi connectivity index (χ4n) is 2.01. The van der Waals surface area contributed by atoms with Gasteiger partial charge in [0.2, 0.25) is 5.78 Å². The standard InChI is InChI=1S/C15H9ClFNO2/c16-10-5-1-3-8-7-12(20-15(8)10)14(19)9-4-2-6-11(17)13(9)18/h1-7H,18H2. The number of fused-ring (bicyclic) bond motifs is 1. The number of halogens is 2. The Morgan fingerprint density at radius 2 is 1.95 bits per heavy atom. The lowest BCUT2D eigenvalue weighted by molar-refractivity contribution is 0.101. The molecule has 0 bridgehead atoms. The highest BCUT2D eigenvalue weighted by Crippen LogP contribution is 2.29. The van der Waals surface area contributed by atoms with E-state index >= 15 is 0 Å². The third kappa shape index (κ3) is 1.94. The normalized spacial score (nSPS) is 10.9. The highest BCUT2D eigenvalue weighted by molar-refractivity contribution is 6.35. The van der Waals surface area contributed by atoms with Gasteiger partial charge in [0.05, 0.1) is 16.3 Å². The van der Waals surface area contributed by atoms with Crippen molar-refractivity contribution in [3.63, 3.8) is 0 Å². The van der Waals surface area contributed by atoms with E-state index in [2.05, 4.69) is 0 Å². The summed E-state index contributed by atoms with van der Waals surface area (Å²) in [6.07, 6.45) is 0. The summed E-state index contributed by atoms with van der Waals surface area (Å²) in [7, 11) is 0. The summed E-state index contributed by atoms with van der Waals surface area (Å²) in [5.74, 6) is -1.04. The van der Waals surface area contributed by atoms with E-state index < -0.39 is 11.6 Å². The van der Waals surface area contributed by atoms with Crippen LogP contribution in [0.1, 0.15) is 16.1 Å². The summed E-state index contributed by atoms with van der Waals surface area (Å²) < 4.78 is 18.8. The summed E-state index contributed by atoms with van der Waals surface area (Å²) in [5, 5.41) is 1.12. The zero-order valence-corrected chi connectivity index (χ0v) is 10.9. The molecule has 5 heteroatoms. The number of benzene rings is 2. The van der Waals surface area contributed by atoms with Crippen molar-refractivity contribution < 1.29 is 13.6 Å². The van der Waals surface area contributed by atoms with Crippen LogP contribution < -0.4 is 5.73 Å². The van der Waals surface area contributed by atoms with Gasteiger partial charge in [-0.3, -0.25) is 4.79 Å². The van der Waals surface area contributed by atoms with Gasteiger partial charge in [0.15, 0.2) is 11.3 Å². The van der Waals surface area contributed by atoms with Gasteiger partial charge < -0.3 is 10.2 Å². The Morgan fingerprint density at radius 1 is 1.20 bits per heavy atom. The van der Waals surface area contributed by atoms with Crippen molar-refractivity contribution in [1.29, 1.82) is 0 Å². The number of rotatable bonds is 2. The summed E-state index contributed by atoms with van der Waals surface area (Å²) in [6.45, 7) is 0. The molecular formula is C15H9ClFNO2.